The highest BCUT2D eigenvalue weighted by atomic mass is 32.2. The molecule has 4 nitrogen and oxygen atoms in total. The minimum Gasteiger partial charge on any atom is -0.308 e. The highest BCUT2D eigenvalue weighted by Gasteiger charge is 2.23. The van der Waals surface area contributed by atoms with Crippen molar-refractivity contribution in [2.75, 3.05) is 11.4 Å². The Morgan fingerprint density at radius 3 is 2.56 bits per heavy atom. The minimum atomic E-state index is 0.0321. The van der Waals surface area contributed by atoms with Crippen LogP contribution < -0.4 is 4.90 Å². The topological polar surface area (TPSA) is 38.1 Å². The lowest BCUT2D eigenvalue weighted by Gasteiger charge is -2.29. The van der Waals surface area contributed by atoms with Crippen LogP contribution >= 0.6 is 35.3 Å². The van der Waals surface area contributed by atoms with Crippen LogP contribution in [0.5, 0.6) is 0 Å². The number of aromatic nitrogens is 2. The second kappa shape index (κ2) is 9.40. The van der Waals surface area contributed by atoms with Gasteiger partial charge in [-0.1, -0.05) is 71.6 Å². The molecule has 7 heteroatoms. The molecule has 160 valence electrons. The Morgan fingerprint density at radius 2 is 1.75 bits per heavy atom. The predicted molar refractivity (Wildman–Crippen MR) is 135 cm³/mol. The summed E-state index contributed by atoms with van der Waals surface area (Å²) < 4.78 is 3.41. The molecule has 0 spiro atoms. The van der Waals surface area contributed by atoms with Gasteiger partial charge in [0.2, 0.25) is 0 Å². The molecule has 0 saturated carbocycles. The van der Waals surface area contributed by atoms with Gasteiger partial charge < -0.3 is 4.90 Å². The first-order chi connectivity index (χ1) is 15.7. The van der Waals surface area contributed by atoms with Crippen LogP contribution in [0.2, 0.25) is 0 Å². The van der Waals surface area contributed by atoms with Crippen molar-refractivity contribution < 1.29 is 4.79 Å². The largest absolute Gasteiger partial charge is 0.308 e. The molecule has 1 aliphatic rings. The normalized spacial score (nSPS) is 13.1. The number of benzene rings is 3. The Kier molecular flexibility index (Phi) is 6.21. The second-order valence-corrected chi connectivity index (χ2v) is 10.4. The van der Waals surface area contributed by atoms with Crippen LogP contribution in [0.3, 0.4) is 0 Å². The van der Waals surface area contributed by atoms with E-state index in [4.69, 9.17) is 12.2 Å². The molecule has 0 fully saturated rings. The molecule has 32 heavy (non-hydrogen) atoms. The maximum Gasteiger partial charge on any atom is 0.258 e. The molecule has 0 saturated heterocycles. The monoisotopic (exact) mass is 475 g/mol. The molecular formula is C25H21N3OS3. The van der Waals surface area contributed by atoms with Crippen LogP contribution in [0.15, 0.2) is 83.2 Å². The zero-order valence-electron chi connectivity index (χ0n) is 17.3. The Labute approximate surface area is 200 Å². The molecule has 0 radical (unpaired) electrons. The number of rotatable bonds is 5. The van der Waals surface area contributed by atoms with Crippen molar-refractivity contribution in [2.24, 2.45) is 0 Å². The van der Waals surface area contributed by atoms with Gasteiger partial charge in [0.25, 0.3) is 5.91 Å². The first-order valence-electron chi connectivity index (χ1n) is 10.5. The van der Waals surface area contributed by atoms with Crippen molar-refractivity contribution in [1.82, 2.24) is 9.78 Å². The van der Waals surface area contributed by atoms with Crippen LogP contribution in [0.1, 0.15) is 27.9 Å². The van der Waals surface area contributed by atoms with Crippen LogP contribution in [0.25, 0.3) is 5.69 Å². The molecule has 0 atom stereocenters. The summed E-state index contributed by atoms with van der Waals surface area (Å²) in [7, 11) is 0. The fraction of sp³-hybridized carbons (Fsp3) is 0.160. The summed E-state index contributed by atoms with van der Waals surface area (Å²) in [6.45, 7) is 0.747. The third-order valence-electron chi connectivity index (χ3n) is 5.45. The molecule has 4 aromatic rings. The van der Waals surface area contributed by atoms with Gasteiger partial charge in [0.15, 0.2) is 8.29 Å². The number of carbonyl (C=O) groups is 1. The van der Waals surface area contributed by atoms with Crippen molar-refractivity contribution in [2.45, 2.75) is 22.9 Å². The molecule has 0 aliphatic carbocycles. The lowest BCUT2D eigenvalue weighted by molar-refractivity contribution is 0.0985. The van der Waals surface area contributed by atoms with Gasteiger partial charge in [0.1, 0.15) is 0 Å². The number of hydrogen-bond donors (Lipinski definition) is 0. The average Bonchev–Trinajstić information content (AvgIpc) is 3.23. The van der Waals surface area contributed by atoms with Gasteiger partial charge in [-0.05, 0) is 66.5 Å². The lowest BCUT2D eigenvalue weighted by atomic mass is 10.0. The number of anilines is 1. The number of fused-ring (bicyclic) bond motifs is 1. The smallest absolute Gasteiger partial charge is 0.258 e. The van der Waals surface area contributed by atoms with E-state index >= 15 is 0 Å². The van der Waals surface area contributed by atoms with Gasteiger partial charge in [0, 0.05) is 23.5 Å². The van der Waals surface area contributed by atoms with Crippen molar-refractivity contribution >= 4 is 46.9 Å². The average molecular weight is 476 g/mol. The summed E-state index contributed by atoms with van der Waals surface area (Å²) in [5, 5.41) is 4.69. The van der Waals surface area contributed by atoms with Crippen LogP contribution in [-0.4, -0.2) is 22.2 Å². The summed E-state index contributed by atoms with van der Waals surface area (Å²) in [4.78, 5) is 15.1. The molecule has 1 aromatic heterocycles. The third-order valence-corrected chi connectivity index (χ3v) is 7.89. The Bertz CT molecular complexity index is 1300. The van der Waals surface area contributed by atoms with E-state index in [1.807, 2.05) is 65.6 Å². The van der Waals surface area contributed by atoms with Crippen LogP contribution in [0.4, 0.5) is 5.69 Å². The van der Waals surface area contributed by atoms with Gasteiger partial charge in [0.05, 0.1) is 5.69 Å². The summed E-state index contributed by atoms with van der Waals surface area (Å²) in [5.74, 6) is 0.887. The molecule has 2 heterocycles. The number of nitrogens with zero attached hydrogens (tertiary/aromatic N) is 3. The van der Waals surface area contributed by atoms with Crippen molar-refractivity contribution in [3.63, 3.8) is 0 Å². The number of amides is 1. The van der Waals surface area contributed by atoms with Crippen LogP contribution in [-0.2, 0) is 12.2 Å². The lowest BCUT2D eigenvalue weighted by Crippen LogP contribution is -2.35. The van der Waals surface area contributed by atoms with Gasteiger partial charge in [-0.25, -0.2) is 4.68 Å². The number of carbonyl (C=O) groups excluding carboxylic acids is 1. The second-order valence-electron chi connectivity index (χ2n) is 7.56. The van der Waals surface area contributed by atoms with Gasteiger partial charge in [-0.15, -0.1) is 5.10 Å². The van der Waals surface area contributed by atoms with E-state index in [1.54, 1.807) is 16.4 Å². The molecule has 0 unspecified atom stereocenters. The molecular weight excluding hydrogens is 454 g/mol. The number of thioether (sulfide) groups is 1. The van der Waals surface area contributed by atoms with E-state index in [2.05, 4.69) is 23.3 Å². The number of para-hydroxylation sites is 1. The summed E-state index contributed by atoms with van der Waals surface area (Å²) >= 11 is 8.74. The first-order valence-corrected chi connectivity index (χ1v) is 12.7. The predicted octanol–water partition coefficient (Wildman–Crippen LogP) is 6.55. The maximum atomic E-state index is 13.2. The summed E-state index contributed by atoms with van der Waals surface area (Å²) in [6, 6.07) is 26.1. The van der Waals surface area contributed by atoms with Crippen molar-refractivity contribution in [1.29, 1.82) is 0 Å². The van der Waals surface area contributed by atoms with Gasteiger partial charge >= 0.3 is 0 Å². The van der Waals surface area contributed by atoms with Gasteiger partial charge in [-0.2, -0.15) is 0 Å². The van der Waals surface area contributed by atoms with E-state index < -0.39 is 0 Å². The fourth-order valence-corrected chi connectivity index (χ4v) is 6.16. The summed E-state index contributed by atoms with van der Waals surface area (Å²) in [6.07, 6.45) is 2.00. The molecule has 1 amide bonds. The number of aryl methyl sites for hydroxylation is 1. The molecule has 5 rings (SSSR count). The van der Waals surface area contributed by atoms with E-state index in [9.17, 15) is 4.79 Å². The molecule has 0 N–H and O–H groups in total. The molecule has 3 aromatic carbocycles. The fourth-order valence-electron chi connectivity index (χ4n) is 3.85. The molecule has 0 bridgehead atoms. The Balaban J connectivity index is 1.33. The Hall–Kier alpha value is -2.74. The van der Waals surface area contributed by atoms with Crippen molar-refractivity contribution in [3.05, 3.63) is 99.5 Å². The standard InChI is InChI=1S/C25H21N3OS3/c29-23(27-16-6-10-19-9-4-5-11-22(19)27)20-12-14-21(15-13-20)28-25(30)32-24(26-28)31-17-18-7-2-1-3-8-18/h1-5,7-9,11-15H,6,10,16-17H2. The highest BCUT2D eigenvalue weighted by Crippen LogP contribution is 2.29. The minimum absolute atomic E-state index is 0.0321. The third kappa shape index (κ3) is 4.41. The van der Waals surface area contributed by atoms with Gasteiger partial charge in [-0.3, -0.25) is 4.79 Å². The molecule has 1 aliphatic heterocycles. The van der Waals surface area contributed by atoms with E-state index in [1.165, 1.54) is 22.5 Å². The SMILES string of the molecule is O=C(c1ccc(-n2nc(SCc3ccccc3)sc2=S)cc1)N1CCCc2ccccc21. The quantitative estimate of drug-likeness (QED) is 0.242. The van der Waals surface area contributed by atoms with E-state index in [0.29, 0.717) is 9.52 Å². The van der Waals surface area contributed by atoms with E-state index in [0.717, 1.165) is 40.9 Å². The van der Waals surface area contributed by atoms with E-state index in [-0.39, 0.29) is 5.91 Å². The van der Waals surface area contributed by atoms with Crippen LogP contribution in [0, 0.1) is 3.95 Å². The zero-order valence-corrected chi connectivity index (χ0v) is 19.8. The Morgan fingerprint density at radius 1 is 1.00 bits per heavy atom. The summed E-state index contributed by atoms with van der Waals surface area (Å²) in [5.41, 5.74) is 5.05. The highest BCUT2D eigenvalue weighted by molar-refractivity contribution is 8.00. The maximum absolute atomic E-state index is 13.2. The zero-order chi connectivity index (χ0) is 21.9. The number of hydrogen-bond acceptors (Lipinski definition) is 5. The van der Waals surface area contributed by atoms with Crippen molar-refractivity contribution in [3.8, 4) is 5.69 Å². The first kappa shape index (κ1) is 21.1.